The molecule has 0 atom stereocenters. The first-order valence-corrected chi connectivity index (χ1v) is 9.19. The zero-order chi connectivity index (χ0) is 17.6. The molecule has 1 N–H and O–H groups in total. The molecule has 2 amide bonds. The molecule has 4 nitrogen and oxygen atoms in total. The number of anilines is 2. The van der Waals surface area contributed by atoms with E-state index >= 15 is 0 Å². The SMILES string of the molecule is CCc1ccccc1NC(=O)N1CCN(c2ccccc2CC)CC1. The molecule has 1 aliphatic heterocycles. The molecule has 0 unspecified atom stereocenters. The summed E-state index contributed by atoms with van der Waals surface area (Å²) in [6.07, 6.45) is 1.95. The molecule has 0 bridgehead atoms. The molecule has 25 heavy (non-hydrogen) atoms. The number of piperazine rings is 1. The Hall–Kier alpha value is -2.49. The van der Waals surface area contributed by atoms with Gasteiger partial charge in [0.05, 0.1) is 0 Å². The molecule has 132 valence electrons. The van der Waals surface area contributed by atoms with Gasteiger partial charge < -0.3 is 15.1 Å². The fraction of sp³-hybridized carbons (Fsp3) is 0.381. The maximum Gasteiger partial charge on any atom is 0.321 e. The van der Waals surface area contributed by atoms with E-state index in [1.54, 1.807) is 0 Å². The Morgan fingerprint density at radius 2 is 1.48 bits per heavy atom. The molecule has 2 aromatic carbocycles. The summed E-state index contributed by atoms with van der Waals surface area (Å²) < 4.78 is 0. The Bertz CT molecular complexity index is 721. The lowest BCUT2D eigenvalue weighted by Crippen LogP contribution is -2.50. The highest BCUT2D eigenvalue weighted by Gasteiger charge is 2.22. The molecular weight excluding hydrogens is 310 g/mol. The summed E-state index contributed by atoms with van der Waals surface area (Å²) >= 11 is 0. The van der Waals surface area contributed by atoms with Gasteiger partial charge in [-0.2, -0.15) is 0 Å². The van der Waals surface area contributed by atoms with E-state index in [1.165, 1.54) is 16.8 Å². The van der Waals surface area contributed by atoms with Gasteiger partial charge in [-0.3, -0.25) is 0 Å². The first kappa shape index (κ1) is 17.3. The second-order valence-corrected chi connectivity index (χ2v) is 6.40. The first-order valence-electron chi connectivity index (χ1n) is 9.19. The van der Waals surface area contributed by atoms with Gasteiger partial charge in [0.25, 0.3) is 0 Å². The smallest absolute Gasteiger partial charge is 0.321 e. The van der Waals surface area contributed by atoms with E-state index in [-0.39, 0.29) is 6.03 Å². The quantitative estimate of drug-likeness (QED) is 0.909. The van der Waals surface area contributed by atoms with Crippen molar-refractivity contribution in [1.82, 2.24) is 4.90 Å². The Morgan fingerprint density at radius 3 is 2.16 bits per heavy atom. The number of para-hydroxylation sites is 2. The van der Waals surface area contributed by atoms with Crippen molar-refractivity contribution >= 4 is 17.4 Å². The minimum absolute atomic E-state index is 0.00401. The normalized spacial score (nSPS) is 14.5. The fourth-order valence-corrected chi connectivity index (χ4v) is 3.41. The maximum atomic E-state index is 12.6. The van der Waals surface area contributed by atoms with E-state index in [9.17, 15) is 4.79 Å². The van der Waals surface area contributed by atoms with E-state index in [1.807, 2.05) is 23.1 Å². The van der Waals surface area contributed by atoms with Crippen LogP contribution < -0.4 is 10.2 Å². The van der Waals surface area contributed by atoms with Gasteiger partial charge in [0.15, 0.2) is 0 Å². The molecule has 0 spiro atoms. The van der Waals surface area contributed by atoms with Crippen molar-refractivity contribution in [2.75, 3.05) is 36.4 Å². The molecule has 0 saturated carbocycles. The van der Waals surface area contributed by atoms with Crippen LogP contribution in [0.3, 0.4) is 0 Å². The molecule has 3 rings (SSSR count). The number of aryl methyl sites for hydroxylation is 2. The molecule has 2 aromatic rings. The molecule has 0 radical (unpaired) electrons. The lowest BCUT2D eigenvalue weighted by atomic mass is 10.1. The van der Waals surface area contributed by atoms with Gasteiger partial charge in [-0.25, -0.2) is 4.79 Å². The third kappa shape index (κ3) is 3.95. The molecule has 1 fully saturated rings. The summed E-state index contributed by atoms with van der Waals surface area (Å²) in [6.45, 7) is 7.54. The topological polar surface area (TPSA) is 35.6 Å². The summed E-state index contributed by atoms with van der Waals surface area (Å²) in [5.41, 5.74) is 4.78. The van der Waals surface area contributed by atoms with E-state index in [2.05, 4.69) is 54.4 Å². The van der Waals surface area contributed by atoms with Crippen LogP contribution in [0.25, 0.3) is 0 Å². The number of carbonyl (C=O) groups excluding carboxylic acids is 1. The summed E-state index contributed by atoms with van der Waals surface area (Å²) in [5.74, 6) is 0. The third-order valence-electron chi connectivity index (χ3n) is 4.92. The number of carbonyl (C=O) groups is 1. The fourth-order valence-electron chi connectivity index (χ4n) is 3.41. The second-order valence-electron chi connectivity index (χ2n) is 6.40. The van der Waals surface area contributed by atoms with Crippen LogP contribution in [0.4, 0.5) is 16.2 Å². The maximum absolute atomic E-state index is 12.6. The number of hydrogen-bond acceptors (Lipinski definition) is 2. The summed E-state index contributed by atoms with van der Waals surface area (Å²) in [7, 11) is 0. The minimum atomic E-state index is 0.00401. The number of nitrogens with one attached hydrogen (secondary N) is 1. The van der Waals surface area contributed by atoms with Crippen molar-refractivity contribution in [3.8, 4) is 0 Å². The van der Waals surface area contributed by atoms with Crippen LogP contribution >= 0.6 is 0 Å². The van der Waals surface area contributed by atoms with Gasteiger partial charge >= 0.3 is 6.03 Å². The molecule has 4 heteroatoms. The van der Waals surface area contributed by atoms with Crippen molar-refractivity contribution in [3.63, 3.8) is 0 Å². The van der Waals surface area contributed by atoms with Crippen LogP contribution in [0.5, 0.6) is 0 Å². The molecule has 0 aliphatic carbocycles. The van der Waals surface area contributed by atoms with Gasteiger partial charge in [-0.05, 0) is 36.1 Å². The van der Waals surface area contributed by atoms with E-state index in [0.717, 1.165) is 44.7 Å². The van der Waals surface area contributed by atoms with Crippen LogP contribution in [-0.4, -0.2) is 37.1 Å². The van der Waals surface area contributed by atoms with E-state index < -0.39 is 0 Å². The average molecular weight is 337 g/mol. The predicted molar refractivity (Wildman–Crippen MR) is 104 cm³/mol. The molecular formula is C21H27N3O. The summed E-state index contributed by atoms with van der Waals surface area (Å²) in [6, 6.07) is 16.6. The van der Waals surface area contributed by atoms with E-state index in [0.29, 0.717) is 0 Å². The van der Waals surface area contributed by atoms with Crippen molar-refractivity contribution < 1.29 is 4.79 Å². The minimum Gasteiger partial charge on any atom is -0.368 e. The number of rotatable bonds is 4. The standard InChI is InChI=1S/C21H27N3O/c1-3-17-9-5-7-11-19(17)22-21(25)24-15-13-23(14-16-24)20-12-8-6-10-18(20)4-2/h5-12H,3-4,13-16H2,1-2H3,(H,22,25). The number of amides is 2. The highest BCUT2D eigenvalue weighted by Crippen LogP contribution is 2.23. The van der Waals surface area contributed by atoms with Crippen LogP contribution in [0.1, 0.15) is 25.0 Å². The van der Waals surface area contributed by atoms with Crippen LogP contribution in [0, 0.1) is 0 Å². The van der Waals surface area contributed by atoms with E-state index in [4.69, 9.17) is 0 Å². The number of hydrogen-bond donors (Lipinski definition) is 1. The lowest BCUT2D eigenvalue weighted by Gasteiger charge is -2.37. The van der Waals surface area contributed by atoms with Gasteiger partial charge in [-0.1, -0.05) is 50.2 Å². The Labute approximate surface area is 150 Å². The largest absolute Gasteiger partial charge is 0.368 e. The molecule has 0 aromatic heterocycles. The Kier molecular flexibility index (Phi) is 5.59. The van der Waals surface area contributed by atoms with Crippen molar-refractivity contribution in [3.05, 3.63) is 59.7 Å². The third-order valence-corrected chi connectivity index (χ3v) is 4.92. The monoisotopic (exact) mass is 337 g/mol. The lowest BCUT2D eigenvalue weighted by molar-refractivity contribution is 0.208. The van der Waals surface area contributed by atoms with Crippen LogP contribution in [0.15, 0.2) is 48.5 Å². The van der Waals surface area contributed by atoms with Crippen molar-refractivity contribution in [1.29, 1.82) is 0 Å². The first-order chi connectivity index (χ1) is 12.2. The van der Waals surface area contributed by atoms with Gasteiger partial charge in [0.1, 0.15) is 0 Å². The zero-order valence-electron chi connectivity index (χ0n) is 15.2. The van der Waals surface area contributed by atoms with Gasteiger partial charge in [-0.15, -0.1) is 0 Å². The van der Waals surface area contributed by atoms with Gasteiger partial charge in [0, 0.05) is 37.6 Å². The van der Waals surface area contributed by atoms with Crippen molar-refractivity contribution in [2.45, 2.75) is 26.7 Å². The van der Waals surface area contributed by atoms with Crippen LogP contribution in [0.2, 0.25) is 0 Å². The Balaban J connectivity index is 1.61. The molecule has 1 heterocycles. The highest BCUT2D eigenvalue weighted by atomic mass is 16.2. The molecule has 1 saturated heterocycles. The predicted octanol–water partition coefficient (Wildman–Crippen LogP) is 4.17. The van der Waals surface area contributed by atoms with Gasteiger partial charge in [0.2, 0.25) is 0 Å². The second kappa shape index (κ2) is 8.06. The average Bonchev–Trinajstić information content (AvgIpc) is 2.68. The molecule has 1 aliphatic rings. The zero-order valence-corrected chi connectivity index (χ0v) is 15.2. The summed E-state index contributed by atoms with van der Waals surface area (Å²) in [5, 5.41) is 3.08. The van der Waals surface area contributed by atoms with Crippen LogP contribution in [-0.2, 0) is 12.8 Å². The highest BCUT2D eigenvalue weighted by molar-refractivity contribution is 5.90. The number of urea groups is 1. The van der Waals surface area contributed by atoms with Crippen molar-refractivity contribution in [2.24, 2.45) is 0 Å². The summed E-state index contributed by atoms with van der Waals surface area (Å²) in [4.78, 5) is 16.9. The number of nitrogens with zero attached hydrogens (tertiary/aromatic N) is 2. The number of benzene rings is 2. The Morgan fingerprint density at radius 1 is 0.880 bits per heavy atom.